The molecular weight excluding hydrogens is 288 g/mol. The summed E-state index contributed by atoms with van der Waals surface area (Å²) in [5, 5.41) is 9.96. The van der Waals surface area contributed by atoms with Gasteiger partial charge in [0.15, 0.2) is 0 Å². The molecule has 1 heterocycles. The first-order chi connectivity index (χ1) is 9.62. The molecule has 0 aliphatic carbocycles. The van der Waals surface area contributed by atoms with Crippen molar-refractivity contribution >= 4 is 10.0 Å². The summed E-state index contributed by atoms with van der Waals surface area (Å²) in [7, 11) is -3.56. The fourth-order valence-corrected chi connectivity index (χ4v) is 3.33. The lowest BCUT2D eigenvalue weighted by Gasteiger charge is -2.29. The first-order valence-corrected chi connectivity index (χ1v) is 8.84. The van der Waals surface area contributed by atoms with Crippen molar-refractivity contribution in [3.05, 3.63) is 11.4 Å². The van der Waals surface area contributed by atoms with Gasteiger partial charge in [-0.1, -0.05) is 34.6 Å². The summed E-state index contributed by atoms with van der Waals surface area (Å²) in [5.74, 6) is 0.381. The summed E-state index contributed by atoms with van der Waals surface area (Å²) in [6, 6.07) is 0. The predicted molar refractivity (Wildman–Crippen MR) is 84.5 cm³/mol. The van der Waals surface area contributed by atoms with Crippen LogP contribution >= 0.6 is 0 Å². The van der Waals surface area contributed by atoms with Gasteiger partial charge in [-0.15, -0.1) is 0 Å². The number of hydrogen-bond donors (Lipinski definition) is 3. The average Bonchev–Trinajstić information content (AvgIpc) is 2.76. The summed E-state index contributed by atoms with van der Waals surface area (Å²) < 4.78 is 27.9. The van der Waals surface area contributed by atoms with Gasteiger partial charge in [-0.05, 0) is 24.8 Å². The van der Waals surface area contributed by atoms with Crippen molar-refractivity contribution in [2.24, 2.45) is 11.3 Å². The summed E-state index contributed by atoms with van der Waals surface area (Å²) in [6.07, 6.45) is 0. The van der Waals surface area contributed by atoms with E-state index in [1.807, 2.05) is 6.92 Å². The molecule has 0 aromatic carbocycles. The normalized spacial score (nSPS) is 13.1. The van der Waals surface area contributed by atoms with Crippen LogP contribution in [0.15, 0.2) is 4.90 Å². The smallest absolute Gasteiger partial charge is 0.244 e. The first-order valence-electron chi connectivity index (χ1n) is 7.36. The maximum atomic E-state index is 12.6. The molecule has 0 saturated carbocycles. The fraction of sp³-hybridized carbons (Fsp3) is 0.786. The van der Waals surface area contributed by atoms with Gasteiger partial charge < -0.3 is 5.32 Å². The van der Waals surface area contributed by atoms with Crippen LogP contribution in [0.2, 0.25) is 0 Å². The Morgan fingerprint density at radius 2 is 1.95 bits per heavy atom. The van der Waals surface area contributed by atoms with E-state index in [0.717, 1.165) is 6.54 Å². The summed E-state index contributed by atoms with van der Waals surface area (Å²) in [6.45, 7) is 13.6. The minimum Gasteiger partial charge on any atom is -0.311 e. The van der Waals surface area contributed by atoms with Gasteiger partial charge in [-0.3, -0.25) is 5.10 Å². The molecule has 0 aliphatic heterocycles. The van der Waals surface area contributed by atoms with E-state index >= 15 is 0 Å². The van der Waals surface area contributed by atoms with Crippen LogP contribution in [0.25, 0.3) is 0 Å². The summed E-state index contributed by atoms with van der Waals surface area (Å²) in [5.41, 5.74) is 0.994. The van der Waals surface area contributed by atoms with Gasteiger partial charge in [-0.2, -0.15) is 5.10 Å². The highest BCUT2D eigenvalue weighted by Crippen LogP contribution is 2.26. The molecule has 0 bridgehead atoms. The third kappa shape index (κ3) is 4.52. The lowest BCUT2D eigenvalue weighted by molar-refractivity contribution is 0.252. The molecule has 3 N–H and O–H groups in total. The number of nitrogens with one attached hydrogen (secondary N) is 3. The van der Waals surface area contributed by atoms with E-state index in [2.05, 4.69) is 47.9 Å². The number of aryl methyl sites for hydroxylation is 1. The van der Waals surface area contributed by atoms with Crippen LogP contribution in [0.5, 0.6) is 0 Å². The fourth-order valence-electron chi connectivity index (χ4n) is 1.75. The van der Waals surface area contributed by atoms with Gasteiger partial charge in [-0.25, -0.2) is 13.1 Å². The van der Waals surface area contributed by atoms with E-state index in [-0.39, 0.29) is 10.3 Å². The molecule has 0 aliphatic rings. The molecule has 0 fully saturated rings. The zero-order chi connectivity index (χ0) is 16.3. The molecule has 21 heavy (non-hydrogen) atoms. The molecule has 122 valence electrons. The van der Waals surface area contributed by atoms with E-state index in [4.69, 9.17) is 0 Å². The van der Waals surface area contributed by atoms with E-state index in [0.29, 0.717) is 30.4 Å². The molecule has 1 rings (SSSR count). The quantitative estimate of drug-likeness (QED) is 0.682. The second-order valence-electron chi connectivity index (χ2n) is 6.37. The third-order valence-electron chi connectivity index (χ3n) is 4.05. The van der Waals surface area contributed by atoms with E-state index < -0.39 is 10.0 Å². The summed E-state index contributed by atoms with van der Waals surface area (Å²) in [4.78, 5) is 0.267. The molecule has 1 aromatic heterocycles. The molecule has 0 radical (unpaired) electrons. The highest BCUT2D eigenvalue weighted by Gasteiger charge is 2.28. The van der Waals surface area contributed by atoms with E-state index in [1.165, 1.54) is 0 Å². The van der Waals surface area contributed by atoms with Crippen LogP contribution in [0.1, 0.15) is 46.0 Å². The molecule has 6 nitrogen and oxygen atoms in total. The van der Waals surface area contributed by atoms with Gasteiger partial charge in [0.1, 0.15) is 4.90 Å². The minimum absolute atomic E-state index is 0.105. The SMILES string of the molecule is CCNCc1n[nH]c(C)c1S(=O)(=O)NCC(C)(C)C(C)C. The maximum Gasteiger partial charge on any atom is 0.244 e. The Kier molecular flexibility index (Phi) is 5.95. The second-order valence-corrected chi connectivity index (χ2v) is 8.08. The minimum atomic E-state index is -3.56. The number of aromatic nitrogens is 2. The van der Waals surface area contributed by atoms with Crippen LogP contribution in [0.4, 0.5) is 0 Å². The van der Waals surface area contributed by atoms with Gasteiger partial charge in [0, 0.05) is 13.1 Å². The van der Waals surface area contributed by atoms with Crippen LogP contribution in [0, 0.1) is 18.3 Å². The van der Waals surface area contributed by atoms with Crippen LogP contribution < -0.4 is 10.0 Å². The summed E-state index contributed by atoms with van der Waals surface area (Å²) >= 11 is 0. The molecular formula is C14H28N4O2S. The molecule has 0 spiro atoms. The van der Waals surface area contributed by atoms with Crippen molar-refractivity contribution in [2.45, 2.75) is 53.0 Å². The first kappa shape index (κ1) is 18.1. The molecule has 7 heteroatoms. The van der Waals surface area contributed by atoms with Crippen LogP contribution in [-0.4, -0.2) is 31.7 Å². The second kappa shape index (κ2) is 6.89. The highest BCUT2D eigenvalue weighted by molar-refractivity contribution is 7.89. The number of aromatic amines is 1. The zero-order valence-corrected chi connectivity index (χ0v) is 14.7. The van der Waals surface area contributed by atoms with Crippen molar-refractivity contribution in [2.75, 3.05) is 13.1 Å². The third-order valence-corrected chi connectivity index (χ3v) is 5.66. The van der Waals surface area contributed by atoms with Crippen LogP contribution in [-0.2, 0) is 16.6 Å². The van der Waals surface area contributed by atoms with E-state index in [9.17, 15) is 8.42 Å². The van der Waals surface area contributed by atoms with Gasteiger partial charge in [0.2, 0.25) is 10.0 Å². The van der Waals surface area contributed by atoms with Crippen molar-refractivity contribution in [3.63, 3.8) is 0 Å². The Balaban J connectivity index is 2.95. The highest BCUT2D eigenvalue weighted by atomic mass is 32.2. The molecule has 0 atom stereocenters. The molecule has 0 unspecified atom stereocenters. The Morgan fingerprint density at radius 1 is 1.33 bits per heavy atom. The van der Waals surface area contributed by atoms with Gasteiger partial charge >= 0.3 is 0 Å². The monoisotopic (exact) mass is 316 g/mol. The lowest BCUT2D eigenvalue weighted by atomic mass is 9.81. The Bertz CT molecular complexity index is 562. The van der Waals surface area contributed by atoms with Crippen molar-refractivity contribution < 1.29 is 8.42 Å². The molecule has 0 amide bonds. The topological polar surface area (TPSA) is 86.9 Å². The largest absolute Gasteiger partial charge is 0.311 e. The number of nitrogens with zero attached hydrogens (tertiary/aromatic N) is 1. The van der Waals surface area contributed by atoms with Crippen molar-refractivity contribution in [1.82, 2.24) is 20.2 Å². The van der Waals surface area contributed by atoms with Crippen LogP contribution in [0.3, 0.4) is 0 Å². The van der Waals surface area contributed by atoms with Gasteiger partial charge in [0.05, 0.1) is 11.4 Å². The molecule has 0 saturated heterocycles. The Labute approximate surface area is 128 Å². The van der Waals surface area contributed by atoms with Gasteiger partial charge in [0.25, 0.3) is 0 Å². The number of sulfonamides is 1. The Hall–Kier alpha value is -0.920. The standard InChI is InChI=1S/C14H28N4O2S/c1-7-15-8-12-13(11(4)17-18-12)21(19,20)16-9-14(5,6)10(2)3/h10,15-16H,7-9H2,1-6H3,(H,17,18). The van der Waals surface area contributed by atoms with Crippen molar-refractivity contribution in [3.8, 4) is 0 Å². The van der Waals surface area contributed by atoms with Crippen molar-refractivity contribution in [1.29, 1.82) is 0 Å². The number of H-pyrrole nitrogens is 1. The lowest BCUT2D eigenvalue weighted by Crippen LogP contribution is -2.37. The average molecular weight is 316 g/mol. The zero-order valence-electron chi connectivity index (χ0n) is 13.9. The maximum absolute atomic E-state index is 12.6. The molecule has 1 aromatic rings. The Morgan fingerprint density at radius 3 is 2.48 bits per heavy atom. The predicted octanol–water partition coefficient (Wildman–Crippen LogP) is 1.79. The number of rotatable bonds is 8. The van der Waals surface area contributed by atoms with E-state index in [1.54, 1.807) is 6.92 Å². The number of hydrogen-bond acceptors (Lipinski definition) is 4.